The Morgan fingerprint density at radius 1 is 1.42 bits per heavy atom. The Balaban J connectivity index is 1.60. The molecule has 0 unspecified atom stereocenters. The van der Waals surface area contributed by atoms with Crippen LogP contribution < -0.4 is 0 Å². The maximum absolute atomic E-state index is 13.0. The van der Waals surface area contributed by atoms with E-state index in [4.69, 9.17) is 4.74 Å². The molecule has 1 aromatic carbocycles. The molecule has 1 aliphatic rings. The zero-order valence-electron chi connectivity index (χ0n) is 13.5. The number of nitrogens with zero attached hydrogens (tertiary/aromatic N) is 4. The van der Waals surface area contributed by atoms with Gasteiger partial charge < -0.3 is 19.2 Å². The van der Waals surface area contributed by atoms with E-state index in [1.165, 1.54) is 0 Å². The lowest BCUT2D eigenvalue weighted by Gasteiger charge is -2.32. The number of benzene rings is 1. The van der Waals surface area contributed by atoms with E-state index >= 15 is 0 Å². The van der Waals surface area contributed by atoms with Gasteiger partial charge in [0.1, 0.15) is 12.4 Å². The van der Waals surface area contributed by atoms with Crippen molar-refractivity contribution in [1.29, 1.82) is 0 Å². The fraction of sp³-hybridized carbons (Fsp3) is 0.353. The van der Waals surface area contributed by atoms with E-state index in [0.717, 1.165) is 23.3 Å². The van der Waals surface area contributed by atoms with Crippen LogP contribution in [-0.4, -0.2) is 50.3 Å². The van der Waals surface area contributed by atoms with Gasteiger partial charge in [-0.2, -0.15) is 0 Å². The van der Waals surface area contributed by atoms with Gasteiger partial charge in [0.2, 0.25) is 0 Å². The van der Waals surface area contributed by atoms with Gasteiger partial charge in [0.15, 0.2) is 5.82 Å². The molecule has 7 heteroatoms. The first-order chi connectivity index (χ1) is 11.8. The van der Waals surface area contributed by atoms with Crippen LogP contribution in [0.4, 0.5) is 0 Å². The first kappa shape index (κ1) is 14.9. The summed E-state index contributed by atoms with van der Waals surface area (Å²) in [5.41, 5.74) is 1.68. The van der Waals surface area contributed by atoms with Gasteiger partial charge in [-0.1, -0.05) is 6.07 Å². The third kappa shape index (κ3) is 2.46. The van der Waals surface area contributed by atoms with Crippen LogP contribution in [-0.2, 0) is 11.3 Å². The second-order valence-electron chi connectivity index (χ2n) is 5.83. The number of amides is 1. The number of H-pyrrole nitrogens is 1. The van der Waals surface area contributed by atoms with Crippen LogP contribution in [0.25, 0.3) is 10.9 Å². The van der Waals surface area contributed by atoms with Gasteiger partial charge in [0.25, 0.3) is 5.91 Å². The van der Waals surface area contributed by atoms with Gasteiger partial charge in [0.05, 0.1) is 13.2 Å². The second kappa shape index (κ2) is 6.09. The molecule has 7 nitrogen and oxygen atoms in total. The molecule has 1 N–H and O–H groups in total. The quantitative estimate of drug-likeness (QED) is 0.799. The number of aromatic amines is 1. The average molecular weight is 325 g/mol. The van der Waals surface area contributed by atoms with Gasteiger partial charge in [-0.05, 0) is 25.1 Å². The standard InChI is InChI=1S/C17H19N5O2/c1-2-21-11-19-20-16(21)15-10-22(8-9-24-15)17(23)13-4-3-5-14-12(13)6-7-18-14/h3-7,11,15,18H,2,8-10H2,1H3/t15-/m0/s1. The lowest BCUT2D eigenvalue weighted by Crippen LogP contribution is -2.43. The average Bonchev–Trinajstić information content (AvgIpc) is 3.29. The topological polar surface area (TPSA) is 76.0 Å². The van der Waals surface area contributed by atoms with Gasteiger partial charge in [0, 0.05) is 35.8 Å². The molecule has 1 amide bonds. The summed E-state index contributed by atoms with van der Waals surface area (Å²) >= 11 is 0. The number of rotatable bonds is 3. The number of carbonyl (C=O) groups is 1. The Bertz CT molecular complexity index is 869. The molecule has 0 aliphatic carbocycles. The lowest BCUT2D eigenvalue weighted by atomic mass is 10.1. The molecule has 4 rings (SSSR count). The summed E-state index contributed by atoms with van der Waals surface area (Å²) in [6, 6.07) is 7.68. The highest BCUT2D eigenvalue weighted by Crippen LogP contribution is 2.24. The van der Waals surface area contributed by atoms with Gasteiger partial charge in [-0.15, -0.1) is 10.2 Å². The lowest BCUT2D eigenvalue weighted by molar-refractivity contribution is -0.0283. The zero-order valence-corrected chi connectivity index (χ0v) is 13.5. The molecule has 0 saturated carbocycles. The molecule has 1 aliphatic heterocycles. The third-order valence-electron chi connectivity index (χ3n) is 4.45. The van der Waals surface area contributed by atoms with Crippen LogP contribution in [0.1, 0.15) is 29.2 Å². The highest BCUT2D eigenvalue weighted by atomic mass is 16.5. The molecule has 1 atom stereocenters. The Morgan fingerprint density at radius 3 is 3.21 bits per heavy atom. The number of morpholine rings is 1. The van der Waals surface area contributed by atoms with Crippen molar-refractivity contribution in [3.05, 3.63) is 48.2 Å². The molecule has 1 saturated heterocycles. The van der Waals surface area contributed by atoms with E-state index in [1.54, 1.807) is 6.33 Å². The second-order valence-corrected chi connectivity index (χ2v) is 5.83. The maximum atomic E-state index is 13.0. The predicted octanol–water partition coefficient (Wildman–Crippen LogP) is 1.99. The van der Waals surface area contributed by atoms with E-state index in [0.29, 0.717) is 25.3 Å². The number of ether oxygens (including phenoxy) is 1. The number of aromatic nitrogens is 4. The summed E-state index contributed by atoms with van der Waals surface area (Å²) in [5, 5.41) is 9.07. The number of aryl methyl sites for hydroxylation is 1. The molecule has 0 radical (unpaired) electrons. The minimum absolute atomic E-state index is 0.0241. The fourth-order valence-electron chi connectivity index (χ4n) is 3.19. The number of fused-ring (bicyclic) bond motifs is 1. The molecule has 124 valence electrons. The summed E-state index contributed by atoms with van der Waals surface area (Å²) in [6.45, 7) is 4.37. The predicted molar refractivity (Wildman–Crippen MR) is 88.6 cm³/mol. The summed E-state index contributed by atoms with van der Waals surface area (Å²) in [7, 11) is 0. The van der Waals surface area contributed by atoms with Crippen LogP contribution in [0.15, 0.2) is 36.8 Å². The Kier molecular flexibility index (Phi) is 3.78. The maximum Gasteiger partial charge on any atom is 0.254 e. The molecular formula is C17H19N5O2. The normalized spacial score (nSPS) is 18.2. The van der Waals surface area contributed by atoms with E-state index in [9.17, 15) is 4.79 Å². The van der Waals surface area contributed by atoms with Crippen LogP contribution in [0.5, 0.6) is 0 Å². The Hall–Kier alpha value is -2.67. The van der Waals surface area contributed by atoms with Gasteiger partial charge >= 0.3 is 0 Å². The van der Waals surface area contributed by atoms with E-state index < -0.39 is 0 Å². The summed E-state index contributed by atoms with van der Waals surface area (Å²) in [4.78, 5) is 18.0. The molecule has 1 fully saturated rings. The largest absolute Gasteiger partial charge is 0.366 e. The minimum Gasteiger partial charge on any atom is -0.366 e. The first-order valence-electron chi connectivity index (χ1n) is 8.12. The van der Waals surface area contributed by atoms with E-state index in [2.05, 4.69) is 15.2 Å². The molecule has 0 bridgehead atoms. The number of hydrogen-bond acceptors (Lipinski definition) is 4. The minimum atomic E-state index is -0.240. The van der Waals surface area contributed by atoms with Crippen molar-refractivity contribution in [2.24, 2.45) is 0 Å². The van der Waals surface area contributed by atoms with Crippen LogP contribution >= 0.6 is 0 Å². The Labute approximate surface area is 139 Å². The van der Waals surface area contributed by atoms with Crippen molar-refractivity contribution in [2.75, 3.05) is 19.7 Å². The number of nitrogens with one attached hydrogen (secondary N) is 1. The summed E-state index contributed by atoms with van der Waals surface area (Å²) in [6.07, 6.45) is 3.31. The van der Waals surface area contributed by atoms with Gasteiger partial charge in [-0.3, -0.25) is 4.79 Å². The van der Waals surface area contributed by atoms with Crippen LogP contribution in [0, 0.1) is 0 Å². The molecule has 24 heavy (non-hydrogen) atoms. The van der Waals surface area contributed by atoms with Crippen LogP contribution in [0.2, 0.25) is 0 Å². The Morgan fingerprint density at radius 2 is 2.33 bits per heavy atom. The third-order valence-corrected chi connectivity index (χ3v) is 4.45. The molecule has 2 aromatic heterocycles. The van der Waals surface area contributed by atoms with Crippen molar-refractivity contribution < 1.29 is 9.53 Å². The smallest absolute Gasteiger partial charge is 0.254 e. The highest BCUT2D eigenvalue weighted by molar-refractivity contribution is 6.06. The zero-order chi connectivity index (χ0) is 16.5. The van der Waals surface area contributed by atoms with Crippen molar-refractivity contribution in [3.8, 4) is 0 Å². The van der Waals surface area contributed by atoms with E-state index in [-0.39, 0.29) is 12.0 Å². The van der Waals surface area contributed by atoms with E-state index in [1.807, 2.05) is 46.9 Å². The molecule has 3 heterocycles. The highest BCUT2D eigenvalue weighted by Gasteiger charge is 2.29. The number of hydrogen-bond donors (Lipinski definition) is 1. The fourth-order valence-corrected chi connectivity index (χ4v) is 3.19. The molecule has 3 aromatic rings. The van der Waals surface area contributed by atoms with Crippen molar-refractivity contribution in [1.82, 2.24) is 24.6 Å². The van der Waals surface area contributed by atoms with Crippen LogP contribution in [0.3, 0.4) is 0 Å². The summed E-state index contributed by atoms with van der Waals surface area (Å²) in [5.74, 6) is 0.797. The first-order valence-corrected chi connectivity index (χ1v) is 8.12. The molecule has 0 spiro atoms. The van der Waals surface area contributed by atoms with Crippen molar-refractivity contribution in [3.63, 3.8) is 0 Å². The monoisotopic (exact) mass is 325 g/mol. The van der Waals surface area contributed by atoms with Crippen molar-refractivity contribution in [2.45, 2.75) is 19.6 Å². The van der Waals surface area contributed by atoms with Gasteiger partial charge in [-0.25, -0.2) is 0 Å². The summed E-state index contributed by atoms with van der Waals surface area (Å²) < 4.78 is 7.78. The molecular weight excluding hydrogens is 306 g/mol. The van der Waals surface area contributed by atoms with Crippen molar-refractivity contribution >= 4 is 16.8 Å². The number of carbonyl (C=O) groups excluding carboxylic acids is 1. The SMILES string of the molecule is CCn1cnnc1[C@@H]1CN(C(=O)c2cccc3[nH]ccc23)CCO1.